The van der Waals surface area contributed by atoms with Gasteiger partial charge in [-0.15, -0.1) is 0 Å². The van der Waals surface area contributed by atoms with Gasteiger partial charge in [0.25, 0.3) is 0 Å². The molecule has 0 aromatic heterocycles. The molecule has 2 aromatic carbocycles. The predicted octanol–water partition coefficient (Wildman–Crippen LogP) is 3.69. The highest BCUT2D eigenvalue weighted by atomic mass is 19.1. The third-order valence-corrected chi connectivity index (χ3v) is 3.37. The molecule has 0 heterocycles. The quantitative estimate of drug-likeness (QED) is 0.879. The first-order chi connectivity index (χ1) is 10.1. The first kappa shape index (κ1) is 15.3. The van der Waals surface area contributed by atoms with Crippen LogP contribution in [0.1, 0.15) is 24.1 Å². The van der Waals surface area contributed by atoms with Crippen LogP contribution in [0.2, 0.25) is 0 Å². The Morgan fingerprint density at radius 3 is 2.29 bits per heavy atom. The minimum atomic E-state index is -0.218. The largest absolute Gasteiger partial charge is 0.497 e. The van der Waals surface area contributed by atoms with Gasteiger partial charge in [-0.3, -0.25) is 0 Å². The molecule has 0 fully saturated rings. The lowest BCUT2D eigenvalue weighted by Gasteiger charge is -2.15. The number of ether oxygens (including phenoxy) is 2. The molecule has 0 unspecified atom stereocenters. The van der Waals surface area contributed by atoms with Crippen LogP contribution < -0.4 is 14.8 Å². The topological polar surface area (TPSA) is 30.5 Å². The van der Waals surface area contributed by atoms with Gasteiger partial charge in [0.2, 0.25) is 0 Å². The van der Waals surface area contributed by atoms with Crippen LogP contribution in [0.3, 0.4) is 0 Å². The van der Waals surface area contributed by atoms with Crippen molar-refractivity contribution in [2.75, 3.05) is 14.2 Å². The smallest absolute Gasteiger partial charge is 0.123 e. The molecule has 1 atom stereocenters. The molecular weight excluding hydrogens is 269 g/mol. The maximum atomic E-state index is 13.2. The van der Waals surface area contributed by atoms with E-state index in [1.165, 1.54) is 6.07 Å². The first-order valence-corrected chi connectivity index (χ1v) is 6.83. The molecule has 0 saturated heterocycles. The monoisotopic (exact) mass is 289 g/mol. The standard InChI is InChI=1S/C17H20FNO2/c1-12(14-5-4-6-15(18)9-14)19-11-13-7-16(20-2)10-17(8-13)21-3/h4-10,12,19H,11H2,1-3H3/t12-/m1/s1. The van der Waals surface area contributed by atoms with Crippen LogP contribution >= 0.6 is 0 Å². The maximum Gasteiger partial charge on any atom is 0.123 e. The van der Waals surface area contributed by atoms with Crippen LogP contribution in [0.25, 0.3) is 0 Å². The first-order valence-electron chi connectivity index (χ1n) is 6.83. The van der Waals surface area contributed by atoms with E-state index < -0.39 is 0 Å². The highest BCUT2D eigenvalue weighted by Crippen LogP contribution is 2.23. The number of methoxy groups -OCH3 is 2. The van der Waals surface area contributed by atoms with Crippen molar-refractivity contribution in [2.45, 2.75) is 19.5 Å². The summed E-state index contributed by atoms with van der Waals surface area (Å²) in [4.78, 5) is 0. The molecule has 0 saturated carbocycles. The minimum Gasteiger partial charge on any atom is -0.497 e. The Bertz CT molecular complexity index is 579. The fourth-order valence-electron chi connectivity index (χ4n) is 2.13. The Kier molecular flexibility index (Phi) is 5.17. The van der Waals surface area contributed by atoms with Crippen LogP contribution in [-0.4, -0.2) is 14.2 Å². The number of nitrogens with one attached hydrogen (secondary N) is 1. The Labute approximate surface area is 124 Å². The molecule has 0 radical (unpaired) electrons. The van der Waals surface area contributed by atoms with Gasteiger partial charge in [0.1, 0.15) is 17.3 Å². The summed E-state index contributed by atoms with van der Waals surface area (Å²) in [6, 6.07) is 12.4. The van der Waals surface area contributed by atoms with Gasteiger partial charge in [0.15, 0.2) is 0 Å². The fourth-order valence-corrected chi connectivity index (χ4v) is 2.13. The van der Waals surface area contributed by atoms with Crippen molar-refractivity contribution in [2.24, 2.45) is 0 Å². The van der Waals surface area contributed by atoms with Crippen molar-refractivity contribution in [3.63, 3.8) is 0 Å². The molecule has 1 N–H and O–H groups in total. The Hall–Kier alpha value is -2.07. The molecular formula is C17H20FNO2. The van der Waals surface area contributed by atoms with Crippen molar-refractivity contribution in [3.8, 4) is 11.5 Å². The second-order valence-corrected chi connectivity index (χ2v) is 4.88. The van der Waals surface area contributed by atoms with Crippen molar-refractivity contribution in [1.29, 1.82) is 0 Å². The van der Waals surface area contributed by atoms with E-state index in [9.17, 15) is 4.39 Å². The van der Waals surface area contributed by atoms with Crippen molar-refractivity contribution >= 4 is 0 Å². The second-order valence-electron chi connectivity index (χ2n) is 4.88. The Morgan fingerprint density at radius 1 is 1.05 bits per heavy atom. The molecule has 0 aliphatic heterocycles. The van der Waals surface area contributed by atoms with Crippen LogP contribution in [0, 0.1) is 5.82 Å². The number of rotatable bonds is 6. The summed E-state index contributed by atoms with van der Waals surface area (Å²) < 4.78 is 23.7. The number of halogens is 1. The molecule has 21 heavy (non-hydrogen) atoms. The molecule has 0 spiro atoms. The lowest BCUT2D eigenvalue weighted by molar-refractivity contribution is 0.392. The summed E-state index contributed by atoms with van der Waals surface area (Å²) in [6.45, 7) is 2.65. The number of hydrogen-bond acceptors (Lipinski definition) is 3. The third-order valence-electron chi connectivity index (χ3n) is 3.37. The minimum absolute atomic E-state index is 0.0536. The maximum absolute atomic E-state index is 13.2. The lowest BCUT2D eigenvalue weighted by Crippen LogP contribution is -2.18. The Morgan fingerprint density at radius 2 is 1.71 bits per heavy atom. The van der Waals surface area contributed by atoms with Crippen LogP contribution in [0.5, 0.6) is 11.5 Å². The average Bonchev–Trinajstić information content (AvgIpc) is 2.52. The van der Waals surface area contributed by atoms with Crippen LogP contribution in [-0.2, 0) is 6.54 Å². The van der Waals surface area contributed by atoms with E-state index >= 15 is 0 Å². The van der Waals surface area contributed by atoms with Gasteiger partial charge in [0.05, 0.1) is 14.2 Å². The zero-order valence-electron chi connectivity index (χ0n) is 12.5. The molecule has 0 bridgehead atoms. The molecule has 2 aromatic rings. The second kappa shape index (κ2) is 7.09. The highest BCUT2D eigenvalue weighted by molar-refractivity contribution is 5.38. The Balaban J connectivity index is 2.05. The van der Waals surface area contributed by atoms with Crippen molar-refractivity contribution in [3.05, 3.63) is 59.4 Å². The zero-order chi connectivity index (χ0) is 15.2. The van der Waals surface area contributed by atoms with E-state index in [2.05, 4.69) is 5.32 Å². The SMILES string of the molecule is COc1cc(CN[C@H](C)c2cccc(F)c2)cc(OC)c1. The molecule has 4 heteroatoms. The van der Waals surface area contributed by atoms with E-state index in [0.717, 1.165) is 22.6 Å². The van der Waals surface area contributed by atoms with E-state index in [1.807, 2.05) is 31.2 Å². The molecule has 2 rings (SSSR count). The molecule has 0 aliphatic rings. The summed E-state index contributed by atoms with van der Waals surface area (Å²) in [6.07, 6.45) is 0. The van der Waals surface area contributed by atoms with Gasteiger partial charge in [0, 0.05) is 18.7 Å². The highest BCUT2D eigenvalue weighted by Gasteiger charge is 2.07. The van der Waals surface area contributed by atoms with Crippen molar-refractivity contribution < 1.29 is 13.9 Å². The summed E-state index contributed by atoms with van der Waals surface area (Å²) in [5.41, 5.74) is 1.97. The van der Waals surface area contributed by atoms with Crippen molar-refractivity contribution in [1.82, 2.24) is 5.32 Å². The summed E-state index contributed by atoms with van der Waals surface area (Å²) in [5.74, 6) is 1.29. The third kappa shape index (κ3) is 4.20. The van der Waals surface area contributed by atoms with Gasteiger partial charge >= 0.3 is 0 Å². The zero-order valence-corrected chi connectivity index (χ0v) is 12.5. The predicted molar refractivity (Wildman–Crippen MR) is 81.2 cm³/mol. The van der Waals surface area contributed by atoms with Gasteiger partial charge < -0.3 is 14.8 Å². The summed E-state index contributed by atoms with van der Waals surface area (Å²) in [7, 11) is 3.25. The van der Waals surface area contributed by atoms with E-state index in [4.69, 9.17) is 9.47 Å². The van der Waals surface area contributed by atoms with E-state index in [-0.39, 0.29) is 11.9 Å². The molecule has 3 nitrogen and oxygen atoms in total. The van der Waals surface area contributed by atoms with Gasteiger partial charge in [-0.1, -0.05) is 12.1 Å². The van der Waals surface area contributed by atoms with Crippen LogP contribution in [0.4, 0.5) is 4.39 Å². The van der Waals surface area contributed by atoms with Gasteiger partial charge in [-0.2, -0.15) is 0 Å². The normalized spacial score (nSPS) is 12.0. The number of benzene rings is 2. The summed E-state index contributed by atoms with van der Waals surface area (Å²) in [5, 5.41) is 3.37. The van der Waals surface area contributed by atoms with E-state index in [0.29, 0.717) is 6.54 Å². The van der Waals surface area contributed by atoms with Gasteiger partial charge in [-0.05, 0) is 42.3 Å². The molecule has 112 valence electrons. The lowest BCUT2D eigenvalue weighted by atomic mass is 10.1. The van der Waals surface area contributed by atoms with E-state index in [1.54, 1.807) is 26.4 Å². The average molecular weight is 289 g/mol. The molecule has 0 aliphatic carbocycles. The van der Waals surface area contributed by atoms with Crippen LogP contribution in [0.15, 0.2) is 42.5 Å². The summed E-state index contributed by atoms with van der Waals surface area (Å²) >= 11 is 0. The van der Waals surface area contributed by atoms with Gasteiger partial charge in [-0.25, -0.2) is 4.39 Å². The number of hydrogen-bond donors (Lipinski definition) is 1. The fraction of sp³-hybridized carbons (Fsp3) is 0.294. The molecule has 0 amide bonds.